The molecule has 3 heterocycles. The Kier molecular flexibility index (Phi) is 5.23. The van der Waals surface area contributed by atoms with Gasteiger partial charge in [-0.2, -0.15) is 5.10 Å². The zero-order chi connectivity index (χ0) is 19.7. The van der Waals surface area contributed by atoms with Crippen molar-refractivity contribution in [1.29, 1.82) is 0 Å². The number of amides is 1. The van der Waals surface area contributed by atoms with E-state index in [9.17, 15) is 9.18 Å². The van der Waals surface area contributed by atoms with Crippen molar-refractivity contribution < 1.29 is 9.18 Å². The largest absolute Gasteiger partial charge is 0.315 e. The van der Waals surface area contributed by atoms with Gasteiger partial charge in [-0.05, 0) is 30.2 Å². The van der Waals surface area contributed by atoms with Gasteiger partial charge in [0.1, 0.15) is 5.82 Å². The molecule has 4 rings (SSSR count). The van der Waals surface area contributed by atoms with Crippen LogP contribution >= 0.6 is 11.3 Å². The molecule has 6 nitrogen and oxygen atoms in total. The number of hydrogen-bond acceptors (Lipinski definition) is 5. The highest BCUT2D eigenvalue weighted by Gasteiger charge is 2.35. The van der Waals surface area contributed by atoms with Gasteiger partial charge in [-0.15, -0.1) is 11.3 Å². The first-order valence-corrected chi connectivity index (χ1v) is 10.0. The molecule has 2 N–H and O–H groups in total. The molecule has 1 fully saturated rings. The number of rotatable bonds is 5. The summed E-state index contributed by atoms with van der Waals surface area (Å²) in [6, 6.07) is 6.46. The number of carbonyl (C=O) groups excluding carboxylic acids is 1. The molecule has 1 aliphatic rings. The molecule has 3 aromatic rings. The van der Waals surface area contributed by atoms with E-state index >= 15 is 0 Å². The minimum Gasteiger partial charge on any atom is -0.315 e. The zero-order valence-corrected chi connectivity index (χ0v) is 16.6. The third kappa shape index (κ3) is 3.98. The summed E-state index contributed by atoms with van der Waals surface area (Å²) in [5, 5.41) is 11.1. The van der Waals surface area contributed by atoms with Gasteiger partial charge in [0.15, 0.2) is 5.13 Å². The number of aryl methyl sites for hydroxylation is 2. The van der Waals surface area contributed by atoms with Gasteiger partial charge in [-0.25, -0.2) is 9.37 Å². The van der Waals surface area contributed by atoms with Crippen LogP contribution in [0, 0.1) is 18.7 Å². The minimum absolute atomic E-state index is 0.0269. The van der Waals surface area contributed by atoms with Gasteiger partial charge in [0.05, 0.1) is 17.8 Å². The molecule has 1 aromatic carbocycles. The number of halogens is 1. The van der Waals surface area contributed by atoms with E-state index in [2.05, 4.69) is 20.7 Å². The molecular weight excluding hydrogens is 377 g/mol. The molecule has 1 aliphatic heterocycles. The Balaban J connectivity index is 1.45. The number of hydrogen-bond donors (Lipinski definition) is 2. The van der Waals surface area contributed by atoms with Crippen LogP contribution in [-0.4, -0.2) is 33.8 Å². The van der Waals surface area contributed by atoms with Crippen molar-refractivity contribution in [3.63, 3.8) is 0 Å². The fraction of sp³-hybridized carbons (Fsp3) is 0.350. The Morgan fingerprint density at radius 3 is 2.86 bits per heavy atom. The summed E-state index contributed by atoms with van der Waals surface area (Å²) < 4.78 is 14.8. The maximum atomic E-state index is 13.1. The van der Waals surface area contributed by atoms with Crippen molar-refractivity contribution in [2.24, 2.45) is 13.0 Å². The summed E-state index contributed by atoms with van der Waals surface area (Å²) in [5.41, 5.74) is 2.97. The number of thiazole rings is 1. The summed E-state index contributed by atoms with van der Waals surface area (Å²) in [6.45, 7) is 3.33. The Hall–Kier alpha value is -2.58. The highest BCUT2D eigenvalue weighted by Crippen LogP contribution is 2.30. The predicted octanol–water partition coefficient (Wildman–Crippen LogP) is 2.86. The smallest absolute Gasteiger partial charge is 0.231 e. The second kappa shape index (κ2) is 7.81. The van der Waals surface area contributed by atoms with Gasteiger partial charge < -0.3 is 10.6 Å². The van der Waals surface area contributed by atoms with Crippen LogP contribution in [0.1, 0.15) is 27.6 Å². The van der Waals surface area contributed by atoms with E-state index in [1.54, 1.807) is 16.8 Å². The molecule has 1 amide bonds. The van der Waals surface area contributed by atoms with Crippen molar-refractivity contribution in [1.82, 2.24) is 20.1 Å². The van der Waals surface area contributed by atoms with Crippen LogP contribution in [0.2, 0.25) is 0 Å². The second-order valence-electron chi connectivity index (χ2n) is 7.14. The number of carbonyl (C=O) groups is 1. The molecule has 146 valence electrons. The van der Waals surface area contributed by atoms with Crippen molar-refractivity contribution in [3.05, 3.63) is 64.2 Å². The average molecular weight is 399 g/mol. The quantitative estimate of drug-likeness (QED) is 0.692. The lowest BCUT2D eigenvalue weighted by atomic mass is 9.90. The lowest BCUT2D eigenvalue weighted by Crippen LogP contribution is -2.28. The number of nitrogens with one attached hydrogen (secondary N) is 2. The summed E-state index contributed by atoms with van der Waals surface area (Å²) in [7, 11) is 1.88. The molecule has 0 saturated carbocycles. The molecule has 0 bridgehead atoms. The van der Waals surface area contributed by atoms with Crippen molar-refractivity contribution in [2.45, 2.75) is 19.3 Å². The summed E-state index contributed by atoms with van der Waals surface area (Å²) in [5.74, 6) is -0.325. The summed E-state index contributed by atoms with van der Waals surface area (Å²) >= 11 is 1.47. The molecule has 28 heavy (non-hydrogen) atoms. The molecule has 0 spiro atoms. The summed E-state index contributed by atoms with van der Waals surface area (Å²) in [4.78, 5) is 18.4. The number of aromatic nitrogens is 3. The monoisotopic (exact) mass is 399 g/mol. The Labute approximate surface area is 166 Å². The van der Waals surface area contributed by atoms with Crippen molar-refractivity contribution in [3.8, 4) is 0 Å². The van der Waals surface area contributed by atoms with Crippen molar-refractivity contribution >= 4 is 22.4 Å². The molecular formula is C20H22FN5OS. The van der Waals surface area contributed by atoms with E-state index in [0.717, 1.165) is 28.2 Å². The Morgan fingerprint density at radius 1 is 1.36 bits per heavy atom. The van der Waals surface area contributed by atoms with Crippen LogP contribution in [0.15, 0.2) is 36.7 Å². The molecule has 8 heteroatoms. The van der Waals surface area contributed by atoms with E-state index in [1.807, 2.05) is 26.4 Å². The van der Waals surface area contributed by atoms with E-state index in [0.29, 0.717) is 18.1 Å². The van der Waals surface area contributed by atoms with E-state index in [4.69, 9.17) is 0 Å². The molecule has 0 aliphatic carbocycles. The van der Waals surface area contributed by atoms with Gasteiger partial charge in [-0.1, -0.05) is 12.1 Å². The average Bonchev–Trinajstić information content (AvgIpc) is 3.37. The standard InChI is InChI=1S/C20H22FN5OS/c1-12-18(7-13-3-5-15(21)6-4-13)28-20(24-12)25-19(27)17-10-22-9-16(17)14-8-23-26(2)11-14/h3-6,8,11,16-17,22H,7,9-10H2,1-2H3,(H,24,25,27)/t16-,17+/m1/s1. The van der Waals surface area contributed by atoms with Gasteiger partial charge in [-0.3, -0.25) is 9.48 Å². The first kappa shape index (κ1) is 18.8. The van der Waals surface area contributed by atoms with E-state index in [-0.39, 0.29) is 23.6 Å². The Bertz CT molecular complexity index is 981. The predicted molar refractivity (Wildman–Crippen MR) is 107 cm³/mol. The van der Waals surface area contributed by atoms with Crippen LogP contribution in [0.25, 0.3) is 0 Å². The SMILES string of the molecule is Cc1nc(NC(=O)[C@H]2CNC[C@@H]2c2cnn(C)c2)sc1Cc1ccc(F)cc1. The first-order valence-electron chi connectivity index (χ1n) is 9.20. The third-order valence-electron chi connectivity index (χ3n) is 5.10. The Morgan fingerprint density at radius 2 is 2.14 bits per heavy atom. The fourth-order valence-electron chi connectivity index (χ4n) is 3.57. The number of anilines is 1. The lowest BCUT2D eigenvalue weighted by Gasteiger charge is -2.15. The number of benzene rings is 1. The molecule has 2 aromatic heterocycles. The van der Waals surface area contributed by atoms with Crippen LogP contribution in [0.5, 0.6) is 0 Å². The summed E-state index contributed by atoms with van der Waals surface area (Å²) in [6.07, 6.45) is 4.46. The van der Waals surface area contributed by atoms with E-state index in [1.165, 1.54) is 23.5 Å². The third-order valence-corrected chi connectivity index (χ3v) is 6.18. The fourth-order valence-corrected chi connectivity index (χ4v) is 4.57. The van der Waals surface area contributed by atoms with Crippen LogP contribution in [0.4, 0.5) is 9.52 Å². The lowest BCUT2D eigenvalue weighted by molar-refractivity contribution is -0.119. The molecule has 0 radical (unpaired) electrons. The van der Waals surface area contributed by atoms with Crippen LogP contribution < -0.4 is 10.6 Å². The van der Waals surface area contributed by atoms with Crippen molar-refractivity contribution in [2.75, 3.05) is 18.4 Å². The maximum absolute atomic E-state index is 13.1. The topological polar surface area (TPSA) is 71.8 Å². The molecule has 0 unspecified atom stereocenters. The van der Waals surface area contributed by atoms with Gasteiger partial charge in [0, 0.05) is 43.5 Å². The first-order chi connectivity index (χ1) is 13.5. The normalized spacial score (nSPS) is 19.1. The highest BCUT2D eigenvalue weighted by molar-refractivity contribution is 7.15. The number of nitrogens with zero attached hydrogens (tertiary/aromatic N) is 3. The maximum Gasteiger partial charge on any atom is 0.231 e. The van der Waals surface area contributed by atoms with Gasteiger partial charge >= 0.3 is 0 Å². The minimum atomic E-state index is -0.244. The van der Waals surface area contributed by atoms with Gasteiger partial charge in [0.2, 0.25) is 5.91 Å². The van der Waals surface area contributed by atoms with Crippen LogP contribution in [-0.2, 0) is 18.3 Å². The van der Waals surface area contributed by atoms with E-state index < -0.39 is 0 Å². The highest BCUT2D eigenvalue weighted by atomic mass is 32.1. The van der Waals surface area contributed by atoms with Gasteiger partial charge in [0.25, 0.3) is 0 Å². The molecule has 1 saturated heterocycles. The molecule has 2 atom stereocenters. The van der Waals surface area contributed by atoms with Crippen LogP contribution in [0.3, 0.4) is 0 Å². The second-order valence-corrected chi connectivity index (χ2v) is 8.22. The zero-order valence-electron chi connectivity index (χ0n) is 15.8.